The zero-order valence-electron chi connectivity index (χ0n) is 11.9. The monoisotopic (exact) mass is 246 g/mol. The van der Waals surface area contributed by atoms with Crippen LogP contribution in [0, 0.1) is 12.8 Å². The van der Waals surface area contributed by atoms with E-state index in [0.29, 0.717) is 6.04 Å². The zero-order chi connectivity index (χ0) is 13.0. The van der Waals surface area contributed by atoms with Crippen LogP contribution in [0.2, 0.25) is 0 Å². The van der Waals surface area contributed by atoms with Crippen LogP contribution in [0.25, 0.3) is 0 Å². The molecule has 0 aliphatic carbocycles. The van der Waals surface area contributed by atoms with Crippen LogP contribution in [-0.2, 0) is 6.54 Å². The molecule has 1 saturated heterocycles. The predicted octanol–water partition coefficient (Wildman–Crippen LogP) is 2.81. The SMILES string of the molecule is Cc1ccc(CN(C)CC2NCCCC2C)cc1. The molecule has 0 radical (unpaired) electrons. The van der Waals surface area contributed by atoms with Gasteiger partial charge >= 0.3 is 0 Å². The molecule has 1 N–H and O–H groups in total. The largest absolute Gasteiger partial charge is 0.312 e. The van der Waals surface area contributed by atoms with Crippen molar-refractivity contribution in [1.29, 1.82) is 0 Å². The lowest BCUT2D eigenvalue weighted by Crippen LogP contribution is -2.46. The Hall–Kier alpha value is -0.860. The van der Waals surface area contributed by atoms with Gasteiger partial charge in [-0.15, -0.1) is 0 Å². The highest BCUT2D eigenvalue weighted by Crippen LogP contribution is 2.16. The second kappa shape index (κ2) is 6.35. The summed E-state index contributed by atoms with van der Waals surface area (Å²) >= 11 is 0. The number of nitrogens with zero attached hydrogens (tertiary/aromatic N) is 1. The minimum absolute atomic E-state index is 0.661. The van der Waals surface area contributed by atoms with E-state index in [9.17, 15) is 0 Å². The molecule has 0 saturated carbocycles. The Morgan fingerprint density at radius 1 is 1.28 bits per heavy atom. The van der Waals surface area contributed by atoms with E-state index >= 15 is 0 Å². The van der Waals surface area contributed by atoms with Gasteiger partial charge < -0.3 is 10.2 Å². The first-order chi connectivity index (χ1) is 8.65. The van der Waals surface area contributed by atoms with Gasteiger partial charge in [0.25, 0.3) is 0 Å². The van der Waals surface area contributed by atoms with E-state index in [1.807, 2.05) is 0 Å². The van der Waals surface area contributed by atoms with Crippen molar-refractivity contribution in [2.24, 2.45) is 5.92 Å². The Kier molecular flexibility index (Phi) is 4.79. The molecule has 18 heavy (non-hydrogen) atoms. The van der Waals surface area contributed by atoms with Gasteiger partial charge in [0.15, 0.2) is 0 Å². The van der Waals surface area contributed by atoms with Crippen LogP contribution >= 0.6 is 0 Å². The Morgan fingerprint density at radius 3 is 2.67 bits per heavy atom. The van der Waals surface area contributed by atoms with Gasteiger partial charge in [-0.05, 0) is 44.8 Å². The fourth-order valence-electron chi connectivity index (χ4n) is 2.76. The average molecular weight is 246 g/mol. The zero-order valence-corrected chi connectivity index (χ0v) is 11.9. The average Bonchev–Trinajstić information content (AvgIpc) is 2.35. The lowest BCUT2D eigenvalue weighted by Gasteiger charge is -2.33. The molecular formula is C16H26N2. The fourth-order valence-corrected chi connectivity index (χ4v) is 2.76. The number of piperidine rings is 1. The molecule has 1 aliphatic heterocycles. The summed E-state index contributed by atoms with van der Waals surface area (Å²) in [6.45, 7) is 7.89. The van der Waals surface area contributed by atoms with Crippen molar-refractivity contribution in [3.05, 3.63) is 35.4 Å². The Bertz CT molecular complexity index is 358. The summed E-state index contributed by atoms with van der Waals surface area (Å²) in [6, 6.07) is 9.54. The Balaban J connectivity index is 1.84. The number of benzene rings is 1. The third-order valence-electron chi connectivity index (χ3n) is 4.01. The number of hydrogen-bond acceptors (Lipinski definition) is 2. The fraction of sp³-hybridized carbons (Fsp3) is 0.625. The lowest BCUT2D eigenvalue weighted by molar-refractivity contribution is 0.212. The highest BCUT2D eigenvalue weighted by molar-refractivity contribution is 5.21. The summed E-state index contributed by atoms with van der Waals surface area (Å²) in [6.07, 6.45) is 2.70. The smallest absolute Gasteiger partial charge is 0.0231 e. The van der Waals surface area contributed by atoms with E-state index in [1.54, 1.807) is 0 Å². The van der Waals surface area contributed by atoms with Crippen molar-refractivity contribution in [3.8, 4) is 0 Å². The summed E-state index contributed by atoms with van der Waals surface area (Å²) in [4.78, 5) is 2.43. The molecule has 0 amide bonds. The van der Waals surface area contributed by atoms with E-state index in [2.05, 4.69) is 55.4 Å². The molecule has 1 aromatic rings. The molecule has 1 aromatic carbocycles. The van der Waals surface area contributed by atoms with E-state index in [1.165, 1.54) is 30.5 Å². The normalized spacial score (nSPS) is 24.4. The van der Waals surface area contributed by atoms with E-state index in [0.717, 1.165) is 19.0 Å². The first-order valence-electron chi connectivity index (χ1n) is 7.12. The Labute approximate surface area is 111 Å². The third-order valence-corrected chi connectivity index (χ3v) is 4.01. The van der Waals surface area contributed by atoms with Gasteiger partial charge in [0, 0.05) is 19.1 Å². The minimum Gasteiger partial charge on any atom is -0.312 e. The van der Waals surface area contributed by atoms with Crippen LogP contribution in [0.3, 0.4) is 0 Å². The van der Waals surface area contributed by atoms with Crippen LogP contribution in [0.1, 0.15) is 30.9 Å². The standard InChI is InChI=1S/C16H26N2/c1-13-6-8-15(9-7-13)11-18(3)12-16-14(2)5-4-10-17-16/h6-9,14,16-17H,4-5,10-12H2,1-3H3. The molecule has 1 heterocycles. The summed E-state index contributed by atoms with van der Waals surface area (Å²) < 4.78 is 0. The van der Waals surface area contributed by atoms with Crippen molar-refractivity contribution in [2.45, 2.75) is 39.3 Å². The quantitative estimate of drug-likeness (QED) is 0.879. The van der Waals surface area contributed by atoms with Crippen molar-refractivity contribution in [3.63, 3.8) is 0 Å². The van der Waals surface area contributed by atoms with Crippen LogP contribution in [-0.4, -0.2) is 31.1 Å². The third kappa shape index (κ3) is 3.82. The number of hydrogen-bond donors (Lipinski definition) is 1. The molecule has 0 bridgehead atoms. The van der Waals surface area contributed by atoms with Crippen LogP contribution < -0.4 is 5.32 Å². The number of aryl methyl sites for hydroxylation is 1. The van der Waals surface area contributed by atoms with Crippen LogP contribution in [0.5, 0.6) is 0 Å². The maximum absolute atomic E-state index is 3.65. The van der Waals surface area contributed by atoms with Crippen molar-refractivity contribution in [1.82, 2.24) is 10.2 Å². The topological polar surface area (TPSA) is 15.3 Å². The first kappa shape index (κ1) is 13.6. The van der Waals surface area contributed by atoms with Gasteiger partial charge in [0.2, 0.25) is 0 Å². The van der Waals surface area contributed by atoms with Crippen molar-refractivity contribution in [2.75, 3.05) is 20.1 Å². The summed E-state index contributed by atoms with van der Waals surface area (Å²) in [5.41, 5.74) is 2.75. The molecule has 2 heteroatoms. The van der Waals surface area contributed by atoms with Gasteiger partial charge in [-0.1, -0.05) is 36.8 Å². The maximum Gasteiger partial charge on any atom is 0.0231 e. The molecule has 2 nitrogen and oxygen atoms in total. The molecule has 100 valence electrons. The highest BCUT2D eigenvalue weighted by Gasteiger charge is 2.21. The molecule has 2 atom stereocenters. The molecule has 0 aromatic heterocycles. The highest BCUT2D eigenvalue weighted by atomic mass is 15.1. The molecule has 1 aliphatic rings. The molecular weight excluding hydrogens is 220 g/mol. The second-order valence-electron chi connectivity index (χ2n) is 5.86. The van der Waals surface area contributed by atoms with Gasteiger partial charge in [-0.25, -0.2) is 0 Å². The maximum atomic E-state index is 3.65. The summed E-state index contributed by atoms with van der Waals surface area (Å²) in [5, 5.41) is 3.65. The summed E-state index contributed by atoms with van der Waals surface area (Å²) in [5.74, 6) is 0.805. The number of likely N-dealkylation sites (N-methyl/N-ethyl adjacent to an activating group) is 1. The first-order valence-corrected chi connectivity index (χ1v) is 7.12. The van der Waals surface area contributed by atoms with Gasteiger partial charge in [0.1, 0.15) is 0 Å². The van der Waals surface area contributed by atoms with Crippen LogP contribution in [0.15, 0.2) is 24.3 Å². The van der Waals surface area contributed by atoms with Crippen molar-refractivity contribution >= 4 is 0 Å². The molecule has 1 fully saturated rings. The van der Waals surface area contributed by atoms with E-state index in [4.69, 9.17) is 0 Å². The number of rotatable bonds is 4. The minimum atomic E-state index is 0.661. The second-order valence-corrected chi connectivity index (χ2v) is 5.86. The van der Waals surface area contributed by atoms with E-state index < -0.39 is 0 Å². The molecule has 2 unspecified atom stereocenters. The Morgan fingerprint density at radius 2 is 2.00 bits per heavy atom. The summed E-state index contributed by atoms with van der Waals surface area (Å²) in [7, 11) is 2.23. The van der Waals surface area contributed by atoms with Gasteiger partial charge in [-0.3, -0.25) is 0 Å². The molecule has 2 rings (SSSR count). The van der Waals surface area contributed by atoms with Crippen LogP contribution in [0.4, 0.5) is 0 Å². The van der Waals surface area contributed by atoms with Crippen molar-refractivity contribution < 1.29 is 0 Å². The number of nitrogens with one attached hydrogen (secondary N) is 1. The van der Waals surface area contributed by atoms with Gasteiger partial charge in [-0.2, -0.15) is 0 Å². The van der Waals surface area contributed by atoms with E-state index in [-0.39, 0.29) is 0 Å². The molecule has 0 spiro atoms. The van der Waals surface area contributed by atoms with Gasteiger partial charge in [0.05, 0.1) is 0 Å². The lowest BCUT2D eigenvalue weighted by atomic mass is 9.92. The predicted molar refractivity (Wildman–Crippen MR) is 77.7 cm³/mol.